The Bertz CT molecular complexity index is 1160. The number of nitrogens with one attached hydrogen (secondary N) is 1. The summed E-state index contributed by atoms with van der Waals surface area (Å²) >= 11 is 0. The van der Waals surface area contributed by atoms with Crippen LogP contribution in [-0.4, -0.2) is 19.9 Å². The molecule has 0 fully saturated rings. The van der Waals surface area contributed by atoms with E-state index >= 15 is 0 Å². The van der Waals surface area contributed by atoms with Crippen molar-refractivity contribution < 1.29 is 18.3 Å². The third kappa shape index (κ3) is 2.95. The molecule has 4 rings (SSSR count). The van der Waals surface area contributed by atoms with Crippen LogP contribution in [0.3, 0.4) is 0 Å². The number of aromatic amines is 1. The Balaban J connectivity index is 1.80. The molecule has 0 radical (unpaired) electrons. The second-order valence-electron chi connectivity index (χ2n) is 6.47. The van der Waals surface area contributed by atoms with Gasteiger partial charge in [0.2, 0.25) is 0 Å². The van der Waals surface area contributed by atoms with Crippen molar-refractivity contribution in [1.29, 1.82) is 0 Å². The molecular weight excluding hydrogens is 355 g/mol. The SMILES string of the molecule is Cc1c(O)cccc1-c1cc2cc(-c3cc(C(F)(F)F)nn3C)ccc2[nH]1. The molecule has 2 aromatic carbocycles. The minimum absolute atomic E-state index is 0.210. The van der Waals surface area contributed by atoms with Gasteiger partial charge in [0, 0.05) is 40.3 Å². The number of hydrogen-bond donors (Lipinski definition) is 2. The van der Waals surface area contributed by atoms with Crippen molar-refractivity contribution in [3.63, 3.8) is 0 Å². The Kier molecular flexibility index (Phi) is 3.76. The van der Waals surface area contributed by atoms with E-state index in [1.54, 1.807) is 18.2 Å². The summed E-state index contributed by atoms with van der Waals surface area (Å²) in [7, 11) is 1.49. The van der Waals surface area contributed by atoms with Gasteiger partial charge in [-0.25, -0.2) is 0 Å². The molecule has 4 nitrogen and oxygen atoms in total. The van der Waals surface area contributed by atoms with Gasteiger partial charge in [-0.3, -0.25) is 4.68 Å². The number of aromatic nitrogens is 3. The van der Waals surface area contributed by atoms with Crippen LogP contribution in [0, 0.1) is 6.92 Å². The van der Waals surface area contributed by atoms with E-state index in [-0.39, 0.29) is 5.75 Å². The highest BCUT2D eigenvalue weighted by Crippen LogP contribution is 2.34. The maximum atomic E-state index is 12.9. The first kappa shape index (κ1) is 17.2. The summed E-state index contributed by atoms with van der Waals surface area (Å²) in [6.45, 7) is 1.83. The second kappa shape index (κ2) is 5.90. The van der Waals surface area contributed by atoms with Gasteiger partial charge in [0.05, 0.1) is 5.69 Å². The Morgan fingerprint density at radius 2 is 1.85 bits per heavy atom. The average molecular weight is 371 g/mol. The van der Waals surface area contributed by atoms with E-state index in [9.17, 15) is 18.3 Å². The van der Waals surface area contributed by atoms with Crippen LogP contribution in [0.15, 0.2) is 48.5 Å². The van der Waals surface area contributed by atoms with Crippen LogP contribution in [-0.2, 0) is 13.2 Å². The Morgan fingerprint density at radius 1 is 1.07 bits per heavy atom. The van der Waals surface area contributed by atoms with Crippen molar-refractivity contribution in [3.05, 3.63) is 59.8 Å². The van der Waals surface area contributed by atoms with Crippen LogP contribution in [0.5, 0.6) is 5.75 Å². The van der Waals surface area contributed by atoms with Crippen molar-refractivity contribution in [1.82, 2.24) is 14.8 Å². The fraction of sp³-hybridized carbons (Fsp3) is 0.150. The molecule has 2 N–H and O–H groups in total. The molecule has 0 aliphatic heterocycles. The monoisotopic (exact) mass is 371 g/mol. The molecule has 7 heteroatoms. The zero-order chi connectivity index (χ0) is 19.3. The van der Waals surface area contributed by atoms with Crippen molar-refractivity contribution in [2.24, 2.45) is 7.05 Å². The molecule has 0 unspecified atom stereocenters. The molecule has 2 heterocycles. The van der Waals surface area contributed by atoms with Gasteiger partial charge in [-0.15, -0.1) is 0 Å². The smallest absolute Gasteiger partial charge is 0.435 e. The van der Waals surface area contributed by atoms with Crippen molar-refractivity contribution >= 4 is 10.9 Å². The van der Waals surface area contributed by atoms with Crippen molar-refractivity contribution in [2.45, 2.75) is 13.1 Å². The summed E-state index contributed by atoms with van der Waals surface area (Å²) in [6.07, 6.45) is -4.48. The average Bonchev–Trinajstić information content (AvgIpc) is 3.19. The highest BCUT2D eigenvalue weighted by atomic mass is 19.4. The summed E-state index contributed by atoms with van der Waals surface area (Å²) in [5.74, 6) is 0.210. The quantitative estimate of drug-likeness (QED) is 0.504. The standard InChI is InChI=1S/C20H16F3N3O/c1-11-14(4-3-5-18(11)27)16-9-13-8-12(6-7-15(13)24-16)17-10-19(20(21,22)23)25-26(17)2/h3-10,24,27H,1-2H3. The number of halogens is 3. The Hall–Kier alpha value is -3.22. The highest BCUT2D eigenvalue weighted by Gasteiger charge is 2.34. The van der Waals surface area contributed by atoms with Crippen molar-refractivity contribution in [3.8, 4) is 28.3 Å². The van der Waals surface area contributed by atoms with Crippen LogP contribution in [0.1, 0.15) is 11.3 Å². The number of benzene rings is 2. The molecule has 4 aromatic rings. The molecule has 27 heavy (non-hydrogen) atoms. The summed E-state index contributed by atoms with van der Waals surface area (Å²) in [5.41, 5.74) is 3.43. The maximum absolute atomic E-state index is 12.9. The molecule has 2 aromatic heterocycles. The number of phenols is 1. The Labute approximate surface area is 152 Å². The third-order valence-electron chi connectivity index (χ3n) is 4.68. The molecule has 0 bridgehead atoms. The topological polar surface area (TPSA) is 53.8 Å². The maximum Gasteiger partial charge on any atom is 0.435 e. The van der Waals surface area contributed by atoms with Crippen molar-refractivity contribution in [2.75, 3.05) is 0 Å². The van der Waals surface area contributed by atoms with Gasteiger partial charge >= 0.3 is 6.18 Å². The number of nitrogens with zero attached hydrogens (tertiary/aromatic N) is 2. The van der Waals surface area contributed by atoms with E-state index in [4.69, 9.17) is 0 Å². The molecule has 0 spiro atoms. The first-order chi connectivity index (χ1) is 12.7. The minimum atomic E-state index is -4.48. The lowest BCUT2D eigenvalue weighted by atomic mass is 10.0. The number of fused-ring (bicyclic) bond motifs is 1. The fourth-order valence-corrected chi connectivity index (χ4v) is 3.23. The molecule has 138 valence electrons. The number of aromatic hydroxyl groups is 1. The fourth-order valence-electron chi connectivity index (χ4n) is 3.23. The predicted octanol–water partition coefficient (Wildman–Crippen LogP) is 5.27. The second-order valence-corrected chi connectivity index (χ2v) is 6.47. The summed E-state index contributed by atoms with van der Waals surface area (Å²) < 4.78 is 40.0. The summed E-state index contributed by atoms with van der Waals surface area (Å²) in [5, 5.41) is 14.3. The van der Waals surface area contributed by atoms with Crippen LogP contribution >= 0.6 is 0 Å². The summed E-state index contributed by atoms with van der Waals surface area (Å²) in [4.78, 5) is 3.29. The van der Waals surface area contributed by atoms with Gasteiger partial charge in [-0.1, -0.05) is 18.2 Å². The number of alkyl halides is 3. The molecule has 0 saturated heterocycles. The van der Waals surface area contributed by atoms with Gasteiger partial charge in [-0.2, -0.15) is 18.3 Å². The lowest BCUT2D eigenvalue weighted by molar-refractivity contribution is -0.141. The third-order valence-corrected chi connectivity index (χ3v) is 4.68. The van der Waals surface area contributed by atoms with Gasteiger partial charge < -0.3 is 10.1 Å². The molecule has 0 aliphatic rings. The van der Waals surface area contributed by atoms with E-state index in [1.165, 1.54) is 11.7 Å². The van der Waals surface area contributed by atoms with E-state index in [0.29, 0.717) is 11.3 Å². The summed E-state index contributed by atoms with van der Waals surface area (Å²) in [6, 6.07) is 13.7. The number of H-pyrrole nitrogens is 1. The Morgan fingerprint density at radius 3 is 2.56 bits per heavy atom. The zero-order valence-electron chi connectivity index (χ0n) is 14.6. The minimum Gasteiger partial charge on any atom is -0.508 e. The molecule has 0 atom stereocenters. The lowest BCUT2D eigenvalue weighted by Gasteiger charge is -2.04. The van der Waals surface area contributed by atoms with Crippen LogP contribution in [0.2, 0.25) is 0 Å². The van der Waals surface area contributed by atoms with E-state index in [0.717, 1.165) is 33.8 Å². The van der Waals surface area contributed by atoms with Gasteiger partial charge in [-0.05, 0) is 37.3 Å². The normalized spacial score (nSPS) is 12.0. The van der Waals surface area contributed by atoms with Crippen LogP contribution < -0.4 is 0 Å². The largest absolute Gasteiger partial charge is 0.508 e. The number of rotatable bonds is 2. The lowest BCUT2D eigenvalue weighted by Crippen LogP contribution is -2.06. The molecule has 0 amide bonds. The van der Waals surface area contributed by atoms with Gasteiger partial charge in [0.15, 0.2) is 5.69 Å². The highest BCUT2D eigenvalue weighted by molar-refractivity contribution is 5.90. The van der Waals surface area contributed by atoms with E-state index < -0.39 is 11.9 Å². The van der Waals surface area contributed by atoms with E-state index in [2.05, 4.69) is 10.1 Å². The van der Waals surface area contributed by atoms with Gasteiger partial charge in [0.25, 0.3) is 0 Å². The first-order valence-electron chi connectivity index (χ1n) is 8.27. The molecule has 0 saturated carbocycles. The predicted molar refractivity (Wildman–Crippen MR) is 97.3 cm³/mol. The van der Waals surface area contributed by atoms with Crippen LogP contribution in [0.4, 0.5) is 13.2 Å². The number of aryl methyl sites for hydroxylation is 1. The number of hydrogen-bond acceptors (Lipinski definition) is 2. The molecular formula is C20H16F3N3O. The van der Waals surface area contributed by atoms with Crippen LogP contribution in [0.25, 0.3) is 33.4 Å². The zero-order valence-corrected chi connectivity index (χ0v) is 14.6. The number of phenolic OH excluding ortho intramolecular Hbond substituents is 1. The van der Waals surface area contributed by atoms with E-state index in [1.807, 2.05) is 31.2 Å². The molecule has 0 aliphatic carbocycles. The van der Waals surface area contributed by atoms with Gasteiger partial charge in [0.1, 0.15) is 5.75 Å². The first-order valence-corrected chi connectivity index (χ1v) is 8.27.